The lowest BCUT2D eigenvalue weighted by atomic mass is 10.1. The minimum absolute atomic E-state index is 0.110. The number of aryl methyl sites for hydroxylation is 1. The number of amides is 1. The normalized spacial score (nSPS) is 14.3. The third-order valence-corrected chi connectivity index (χ3v) is 4.61. The highest BCUT2D eigenvalue weighted by molar-refractivity contribution is 5.82. The summed E-state index contributed by atoms with van der Waals surface area (Å²) in [6.45, 7) is 4.69. The molecule has 24 heavy (non-hydrogen) atoms. The number of anilines is 1. The first-order chi connectivity index (χ1) is 11.6. The van der Waals surface area contributed by atoms with E-state index in [2.05, 4.69) is 34.5 Å². The minimum atomic E-state index is -0.599. The van der Waals surface area contributed by atoms with Crippen LogP contribution in [0.3, 0.4) is 0 Å². The van der Waals surface area contributed by atoms with Gasteiger partial charge in [0.05, 0.1) is 0 Å². The fraction of sp³-hybridized carbons (Fsp3) is 0.350. The average molecular weight is 323 g/mol. The van der Waals surface area contributed by atoms with Gasteiger partial charge in [0.1, 0.15) is 6.04 Å². The van der Waals surface area contributed by atoms with Gasteiger partial charge in [-0.3, -0.25) is 4.79 Å². The number of nitrogens with one attached hydrogen (secondary N) is 1. The fourth-order valence-corrected chi connectivity index (χ4v) is 3.16. The monoisotopic (exact) mass is 323 g/mol. The van der Waals surface area contributed by atoms with E-state index in [-0.39, 0.29) is 5.91 Å². The molecule has 0 saturated heterocycles. The molecule has 1 heterocycles. The van der Waals surface area contributed by atoms with Crippen LogP contribution in [0.4, 0.5) is 5.69 Å². The molecule has 2 aromatic rings. The Hall–Kier alpha value is -2.33. The minimum Gasteiger partial charge on any atom is -0.371 e. The quantitative estimate of drug-likeness (QED) is 0.803. The summed E-state index contributed by atoms with van der Waals surface area (Å²) in [7, 11) is 0. The SMILES string of the molecule is Cc1ccc(C(N)C(=O)NCCCN2CCc3ccccc32)cc1. The summed E-state index contributed by atoms with van der Waals surface area (Å²) < 4.78 is 0. The summed E-state index contributed by atoms with van der Waals surface area (Å²) in [5, 5.41) is 2.95. The van der Waals surface area contributed by atoms with Crippen molar-refractivity contribution in [2.45, 2.75) is 25.8 Å². The molecule has 3 rings (SSSR count). The first-order valence-corrected chi connectivity index (χ1v) is 8.58. The number of carbonyl (C=O) groups is 1. The Kier molecular flexibility index (Phi) is 5.16. The third kappa shape index (κ3) is 3.77. The zero-order valence-corrected chi connectivity index (χ0v) is 14.2. The summed E-state index contributed by atoms with van der Waals surface area (Å²) in [6, 6.07) is 15.7. The molecule has 3 N–H and O–H groups in total. The van der Waals surface area contributed by atoms with Crippen LogP contribution >= 0.6 is 0 Å². The average Bonchev–Trinajstić information content (AvgIpc) is 3.02. The van der Waals surface area contributed by atoms with Crippen LogP contribution in [-0.2, 0) is 11.2 Å². The van der Waals surface area contributed by atoms with Crippen LogP contribution in [0.15, 0.2) is 48.5 Å². The number of para-hydroxylation sites is 1. The largest absolute Gasteiger partial charge is 0.371 e. The van der Waals surface area contributed by atoms with Crippen LogP contribution in [0, 0.1) is 6.92 Å². The maximum atomic E-state index is 12.2. The number of hydrogen-bond donors (Lipinski definition) is 2. The lowest BCUT2D eigenvalue weighted by Gasteiger charge is -2.19. The zero-order valence-electron chi connectivity index (χ0n) is 14.2. The van der Waals surface area contributed by atoms with E-state index in [0.717, 1.165) is 37.1 Å². The van der Waals surface area contributed by atoms with E-state index in [9.17, 15) is 4.79 Å². The van der Waals surface area contributed by atoms with Gasteiger partial charge in [-0.2, -0.15) is 0 Å². The Morgan fingerprint density at radius 1 is 1.21 bits per heavy atom. The van der Waals surface area contributed by atoms with Gasteiger partial charge in [-0.25, -0.2) is 0 Å². The summed E-state index contributed by atoms with van der Waals surface area (Å²) >= 11 is 0. The van der Waals surface area contributed by atoms with Gasteiger partial charge in [-0.1, -0.05) is 48.0 Å². The molecule has 1 unspecified atom stereocenters. The van der Waals surface area contributed by atoms with Gasteiger partial charge in [0.25, 0.3) is 0 Å². The van der Waals surface area contributed by atoms with E-state index >= 15 is 0 Å². The topological polar surface area (TPSA) is 58.4 Å². The van der Waals surface area contributed by atoms with Gasteiger partial charge >= 0.3 is 0 Å². The first kappa shape index (κ1) is 16.5. The molecule has 0 bridgehead atoms. The van der Waals surface area contributed by atoms with Crippen molar-refractivity contribution < 1.29 is 4.79 Å². The lowest BCUT2D eigenvalue weighted by molar-refractivity contribution is -0.122. The van der Waals surface area contributed by atoms with Crippen molar-refractivity contribution in [1.29, 1.82) is 0 Å². The van der Waals surface area contributed by atoms with Gasteiger partial charge in [0.2, 0.25) is 5.91 Å². The molecule has 1 atom stereocenters. The van der Waals surface area contributed by atoms with Crippen LogP contribution in [0.1, 0.15) is 29.2 Å². The Balaban J connectivity index is 1.43. The molecule has 2 aromatic carbocycles. The molecular weight excluding hydrogens is 298 g/mol. The van der Waals surface area contributed by atoms with E-state index in [1.807, 2.05) is 31.2 Å². The van der Waals surface area contributed by atoms with Gasteiger partial charge in [0, 0.05) is 25.3 Å². The van der Waals surface area contributed by atoms with Crippen LogP contribution < -0.4 is 16.0 Å². The molecule has 0 spiro atoms. The van der Waals surface area contributed by atoms with E-state index < -0.39 is 6.04 Å². The second-order valence-electron chi connectivity index (χ2n) is 6.40. The highest BCUT2D eigenvalue weighted by atomic mass is 16.2. The zero-order chi connectivity index (χ0) is 16.9. The molecule has 0 fully saturated rings. The highest BCUT2D eigenvalue weighted by Gasteiger charge is 2.18. The van der Waals surface area contributed by atoms with Crippen molar-refractivity contribution in [3.05, 3.63) is 65.2 Å². The van der Waals surface area contributed by atoms with Crippen molar-refractivity contribution in [1.82, 2.24) is 5.32 Å². The maximum Gasteiger partial charge on any atom is 0.241 e. The third-order valence-electron chi connectivity index (χ3n) is 4.61. The van der Waals surface area contributed by atoms with Gasteiger partial charge in [-0.05, 0) is 37.0 Å². The molecular formula is C20H25N3O. The molecule has 0 aliphatic carbocycles. The van der Waals surface area contributed by atoms with Crippen molar-refractivity contribution in [2.24, 2.45) is 5.73 Å². The number of hydrogen-bond acceptors (Lipinski definition) is 3. The van der Waals surface area contributed by atoms with Crippen molar-refractivity contribution in [2.75, 3.05) is 24.5 Å². The van der Waals surface area contributed by atoms with Crippen molar-refractivity contribution in [3.63, 3.8) is 0 Å². The number of nitrogens with zero attached hydrogens (tertiary/aromatic N) is 1. The second kappa shape index (κ2) is 7.49. The number of rotatable bonds is 6. The van der Waals surface area contributed by atoms with E-state index in [1.54, 1.807) is 0 Å². The fourth-order valence-electron chi connectivity index (χ4n) is 3.16. The standard InChI is InChI=1S/C20H25N3O/c1-15-7-9-17(10-8-15)19(21)20(24)22-12-4-13-23-14-11-16-5-2-3-6-18(16)23/h2-3,5-10,19H,4,11-14,21H2,1H3,(H,22,24). The van der Waals surface area contributed by atoms with Gasteiger partial charge < -0.3 is 16.0 Å². The number of nitrogens with two attached hydrogens (primary N) is 1. The summed E-state index contributed by atoms with van der Waals surface area (Å²) in [6.07, 6.45) is 2.03. The Morgan fingerprint density at radius 2 is 1.96 bits per heavy atom. The smallest absolute Gasteiger partial charge is 0.241 e. The van der Waals surface area contributed by atoms with E-state index in [0.29, 0.717) is 6.54 Å². The molecule has 126 valence electrons. The van der Waals surface area contributed by atoms with E-state index in [4.69, 9.17) is 5.73 Å². The van der Waals surface area contributed by atoms with Crippen LogP contribution in [-0.4, -0.2) is 25.5 Å². The second-order valence-corrected chi connectivity index (χ2v) is 6.40. The number of fused-ring (bicyclic) bond motifs is 1. The molecule has 4 nitrogen and oxygen atoms in total. The van der Waals surface area contributed by atoms with Crippen LogP contribution in [0.5, 0.6) is 0 Å². The molecule has 1 amide bonds. The molecule has 1 aliphatic rings. The molecule has 0 radical (unpaired) electrons. The maximum absolute atomic E-state index is 12.2. The van der Waals surface area contributed by atoms with Gasteiger partial charge in [0.15, 0.2) is 0 Å². The number of carbonyl (C=O) groups excluding carboxylic acids is 1. The molecule has 1 aliphatic heterocycles. The molecule has 4 heteroatoms. The summed E-state index contributed by atoms with van der Waals surface area (Å²) in [5.74, 6) is -0.110. The first-order valence-electron chi connectivity index (χ1n) is 8.58. The number of benzene rings is 2. The van der Waals surface area contributed by atoms with Crippen LogP contribution in [0.2, 0.25) is 0 Å². The molecule has 0 saturated carbocycles. The molecule has 0 aromatic heterocycles. The van der Waals surface area contributed by atoms with Crippen molar-refractivity contribution >= 4 is 11.6 Å². The van der Waals surface area contributed by atoms with Crippen LogP contribution in [0.25, 0.3) is 0 Å². The summed E-state index contributed by atoms with van der Waals surface area (Å²) in [4.78, 5) is 14.6. The Morgan fingerprint density at radius 3 is 2.75 bits per heavy atom. The highest BCUT2D eigenvalue weighted by Crippen LogP contribution is 2.27. The summed E-state index contributed by atoms with van der Waals surface area (Å²) in [5.41, 5.74) is 10.8. The lowest BCUT2D eigenvalue weighted by Crippen LogP contribution is -2.36. The van der Waals surface area contributed by atoms with Gasteiger partial charge in [-0.15, -0.1) is 0 Å². The predicted octanol–water partition coefficient (Wildman–Crippen LogP) is 2.56. The predicted molar refractivity (Wildman–Crippen MR) is 98.1 cm³/mol. The van der Waals surface area contributed by atoms with Crippen molar-refractivity contribution in [3.8, 4) is 0 Å². The Bertz CT molecular complexity index is 696. The van der Waals surface area contributed by atoms with E-state index in [1.165, 1.54) is 11.3 Å². The Labute approximate surface area is 143 Å².